The van der Waals surface area contributed by atoms with E-state index in [0.717, 1.165) is 25.7 Å². The van der Waals surface area contributed by atoms with Gasteiger partial charge in [0.15, 0.2) is 0 Å². The average Bonchev–Trinajstić information content (AvgIpc) is 2.82. The molecule has 1 aromatic rings. The van der Waals surface area contributed by atoms with Gasteiger partial charge in [-0.3, -0.25) is 0 Å². The second kappa shape index (κ2) is 8.85. The van der Waals surface area contributed by atoms with Crippen LogP contribution in [0.4, 0.5) is 0 Å². The number of ether oxygens (including phenoxy) is 1. The minimum Gasteiger partial charge on any atom is -0.386 e. The first-order valence-corrected chi connectivity index (χ1v) is 9.09. The third kappa shape index (κ3) is 4.66. The van der Waals surface area contributed by atoms with Crippen molar-refractivity contribution in [2.75, 3.05) is 0 Å². The molecule has 126 valence electrons. The number of hydrogen-bond donors (Lipinski definition) is 0. The number of unbranched alkanes of at least 4 members (excludes halogenated alkanes) is 6. The third-order valence-electron chi connectivity index (χ3n) is 4.56. The summed E-state index contributed by atoms with van der Waals surface area (Å²) in [6.07, 6.45) is 11.6. The number of esters is 2. The summed E-state index contributed by atoms with van der Waals surface area (Å²) in [5.74, 6) is -0.977. The lowest BCUT2D eigenvalue weighted by Gasteiger charge is -2.11. The Kier molecular flexibility index (Phi) is 6.82. The topological polar surface area (TPSA) is 43.4 Å². The van der Waals surface area contributed by atoms with Crippen LogP contribution >= 0.6 is 0 Å². The summed E-state index contributed by atoms with van der Waals surface area (Å²) in [5, 5.41) is 0. The van der Waals surface area contributed by atoms with Crippen molar-refractivity contribution in [1.29, 1.82) is 0 Å². The monoisotopic (exact) mass is 316 g/mol. The molecule has 0 aromatic heterocycles. The number of aryl methyl sites for hydroxylation is 2. The van der Waals surface area contributed by atoms with Crippen molar-refractivity contribution in [3.8, 4) is 0 Å². The summed E-state index contributed by atoms with van der Waals surface area (Å²) in [4.78, 5) is 23.5. The van der Waals surface area contributed by atoms with E-state index >= 15 is 0 Å². The second-order valence-electron chi connectivity index (χ2n) is 6.46. The highest BCUT2D eigenvalue weighted by Crippen LogP contribution is 2.27. The van der Waals surface area contributed by atoms with E-state index in [2.05, 4.69) is 13.8 Å². The van der Waals surface area contributed by atoms with Crippen LogP contribution in [0.1, 0.15) is 97.1 Å². The molecule has 2 rings (SSSR count). The Morgan fingerprint density at radius 2 is 1.13 bits per heavy atom. The Balaban J connectivity index is 2.13. The molecule has 0 atom stereocenters. The van der Waals surface area contributed by atoms with Gasteiger partial charge in [-0.25, -0.2) is 9.59 Å². The van der Waals surface area contributed by atoms with E-state index in [1.165, 1.54) is 49.7 Å². The zero-order valence-electron chi connectivity index (χ0n) is 14.5. The summed E-state index contributed by atoms with van der Waals surface area (Å²) < 4.78 is 4.75. The molecule has 0 N–H and O–H groups in total. The molecule has 0 saturated heterocycles. The van der Waals surface area contributed by atoms with E-state index in [-0.39, 0.29) is 0 Å². The maximum absolute atomic E-state index is 11.8. The number of benzene rings is 1. The predicted molar refractivity (Wildman–Crippen MR) is 91.9 cm³/mol. The van der Waals surface area contributed by atoms with Crippen LogP contribution in [0.3, 0.4) is 0 Å². The number of cyclic esters (lactones) is 2. The van der Waals surface area contributed by atoms with Gasteiger partial charge in [-0.05, 0) is 48.9 Å². The first-order chi connectivity index (χ1) is 11.2. The number of hydrogen-bond acceptors (Lipinski definition) is 3. The molecule has 1 aliphatic rings. The van der Waals surface area contributed by atoms with Gasteiger partial charge in [0.1, 0.15) is 0 Å². The Labute approximate surface area is 139 Å². The summed E-state index contributed by atoms with van der Waals surface area (Å²) in [6, 6.07) is 3.81. The summed E-state index contributed by atoms with van der Waals surface area (Å²) in [7, 11) is 0. The van der Waals surface area contributed by atoms with Gasteiger partial charge >= 0.3 is 11.9 Å². The Morgan fingerprint density at radius 3 is 1.52 bits per heavy atom. The van der Waals surface area contributed by atoms with Gasteiger partial charge in [0.2, 0.25) is 0 Å². The van der Waals surface area contributed by atoms with Crippen molar-refractivity contribution in [1.82, 2.24) is 0 Å². The van der Waals surface area contributed by atoms with Crippen molar-refractivity contribution in [2.24, 2.45) is 0 Å². The van der Waals surface area contributed by atoms with Crippen LogP contribution < -0.4 is 0 Å². The molecule has 3 nitrogen and oxygen atoms in total. The molecule has 0 saturated carbocycles. The van der Waals surface area contributed by atoms with Crippen LogP contribution in [0.25, 0.3) is 0 Å². The molecule has 1 aliphatic heterocycles. The lowest BCUT2D eigenvalue weighted by atomic mass is 9.92. The molecule has 0 bridgehead atoms. The molecule has 0 radical (unpaired) electrons. The van der Waals surface area contributed by atoms with Crippen LogP contribution in [0.5, 0.6) is 0 Å². The number of fused-ring (bicyclic) bond motifs is 1. The number of rotatable bonds is 10. The van der Waals surface area contributed by atoms with Gasteiger partial charge < -0.3 is 4.74 Å². The molecule has 23 heavy (non-hydrogen) atoms. The Morgan fingerprint density at radius 1 is 0.696 bits per heavy atom. The normalized spacial score (nSPS) is 13.3. The molecule has 0 amide bonds. The van der Waals surface area contributed by atoms with Gasteiger partial charge in [-0.2, -0.15) is 0 Å². The van der Waals surface area contributed by atoms with Crippen LogP contribution in [-0.2, 0) is 17.6 Å². The second-order valence-corrected chi connectivity index (χ2v) is 6.46. The molecular weight excluding hydrogens is 288 g/mol. The van der Waals surface area contributed by atoms with E-state index in [9.17, 15) is 9.59 Å². The largest absolute Gasteiger partial charge is 0.386 e. The van der Waals surface area contributed by atoms with Crippen molar-refractivity contribution < 1.29 is 14.3 Å². The zero-order chi connectivity index (χ0) is 16.7. The minimum atomic E-state index is -0.489. The number of carbonyl (C=O) groups excluding carboxylic acids is 2. The summed E-state index contributed by atoms with van der Waals surface area (Å²) >= 11 is 0. The molecule has 0 fully saturated rings. The standard InChI is InChI=1S/C20H28O3/c1-3-5-7-9-11-15-13-17-18(20(22)23-19(17)21)14-16(15)12-10-8-6-4-2/h13-14H,3-12H2,1-2H3. The van der Waals surface area contributed by atoms with Gasteiger partial charge in [0, 0.05) is 0 Å². The first kappa shape index (κ1) is 17.7. The lowest BCUT2D eigenvalue weighted by Crippen LogP contribution is -2.01. The predicted octanol–water partition coefficient (Wildman–Crippen LogP) is 5.24. The summed E-state index contributed by atoms with van der Waals surface area (Å²) in [6.45, 7) is 4.41. The molecule has 0 aliphatic carbocycles. The number of carbonyl (C=O) groups is 2. The molecule has 3 heteroatoms. The van der Waals surface area contributed by atoms with E-state index in [1.807, 2.05) is 12.1 Å². The van der Waals surface area contributed by atoms with Gasteiger partial charge in [-0.15, -0.1) is 0 Å². The fourth-order valence-corrected chi connectivity index (χ4v) is 3.17. The van der Waals surface area contributed by atoms with Crippen molar-refractivity contribution in [3.05, 3.63) is 34.4 Å². The van der Waals surface area contributed by atoms with Gasteiger partial charge in [0.05, 0.1) is 11.1 Å². The Hall–Kier alpha value is -1.64. The highest BCUT2D eigenvalue weighted by molar-refractivity contribution is 6.14. The average molecular weight is 316 g/mol. The maximum Gasteiger partial charge on any atom is 0.346 e. The molecule has 1 heterocycles. The zero-order valence-corrected chi connectivity index (χ0v) is 14.5. The van der Waals surface area contributed by atoms with Crippen molar-refractivity contribution in [2.45, 2.75) is 78.1 Å². The van der Waals surface area contributed by atoms with Crippen LogP contribution in [0.15, 0.2) is 12.1 Å². The Bertz CT molecular complexity index is 511. The van der Waals surface area contributed by atoms with Gasteiger partial charge in [-0.1, -0.05) is 52.4 Å². The third-order valence-corrected chi connectivity index (χ3v) is 4.56. The highest BCUT2D eigenvalue weighted by Gasteiger charge is 2.30. The van der Waals surface area contributed by atoms with Gasteiger partial charge in [0.25, 0.3) is 0 Å². The molecule has 0 unspecified atom stereocenters. The quantitative estimate of drug-likeness (QED) is 0.337. The molecular formula is C20H28O3. The lowest BCUT2D eigenvalue weighted by molar-refractivity contribution is 0.0443. The van der Waals surface area contributed by atoms with E-state index in [0.29, 0.717) is 11.1 Å². The highest BCUT2D eigenvalue weighted by atomic mass is 16.6. The minimum absolute atomic E-state index is 0.456. The fourth-order valence-electron chi connectivity index (χ4n) is 3.17. The van der Waals surface area contributed by atoms with Crippen molar-refractivity contribution >= 4 is 11.9 Å². The van der Waals surface area contributed by atoms with Crippen molar-refractivity contribution in [3.63, 3.8) is 0 Å². The van der Waals surface area contributed by atoms with E-state index in [1.54, 1.807) is 0 Å². The van der Waals surface area contributed by atoms with E-state index in [4.69, 9.17) is 4.74 Å². The summed E-state index contributed by atoms with van der Waals surface area (Å²) in [5.41, 5.74) is 3.36. The van der Waals surface area contributed by atoms with Crippen LogP contribution in [-0.4, -0.2) is 11.9 Å². The van der Waals surface area contributed by atoms with E-state index < -0.39 is 11.9 Å². The smallest absolute Gasteiger partial charge is 0.346 e. The fraction of sp³-hybridized carbons (Fsp3) is 0.600. The maximum atomic E-state index is 11.8. The molecule has 0 spiro atoms. The van der Waals surface area contributed by atoms with Crippen LogP contribution in [0.2, 0.25) is 0 Å². The SMILES string of the molecule is CCCCCCc1cc2c(cc1CCCCCC)C(=O)OC2=O. The first-order valence-electron chi connectivity index (χ1n) is 9.09. The van der Waals surface area contributed by atoms with Crippen LogP contribution in [0, 0.1) is 0 Å². The molecule has 1 aromatic carbocycles.